The van der Waals surface area contributed by atoms with E-state index in [0.717, 1.165) is 37.9 Å². The second-order valence-electron chi connectivity index (χ2n) is 29.2. The molecule has 4 heterocycles. The number of aliphatic hydroxyl groups excluding tert-OH is 1. The standard InChI is InChI=1S/C50H45F2N3O6.C49H41F2N3O6/c1-34(56)44-45(61-49(38-20-12-6-13-21-38,39-22-14-7-15-23-39)40-26-30-42(59-3)31-27-40)50(51,52)46(60-44)55-33-32-43(53-47(55)57)54-48(35-16-8-4-9-17-35,36-18-10-5-11-19-36)37-24-28-41(58-2)29-25-37;1-57-40-27-23-36(24-28-40)47(34-15-7-3-8-16-34,35-17-9-4-10-18-35)53-43-31-32-54(46(56)52-43)45-49(50,51)44(42(33-55)59-45)60-48(37-19-11-5-12-20-37,38-21-13-6-14-22-38)39-25-29-41(58-2)30-26-39/h4-34,44-46,56H,1-3H3,(H,53,54,57);3-33,42,44-45H,1-2H3,(H,52,53,56)/t34?,44-,45-,46?;42-,44-,45?/m11/s1. The SMILES string of the molecule is COc1ccc(C(Nc2ccn(C3O[C@H](C(C)O)[C@@H](OC(c4ccccc4)(c4ccccc4)c4ccc(OC)cc4)C3(F)F)c(=O)n2)(c2ccccc2)c2ccccc2)cc1.COc1ccc(C(Nc2ccn(C3O[C@H](C=O)[C@@H](OC(c4ccccc4)(c4ccccc4)c4ccc(OC)cc4)C3(F)F)c(=O)n2)(c2ccccc2)c2ccccc2)cc1. The number of benzene rings is 12. The van der Waals surface area contributed by atoms with E-state index in [1.807, 2.05) is 194 Å². The van der Waals surface area contributed by atoms with Gasteiger partial charge in [0, 0.05) is 12.4 Å². The Kier molecular flexibility index (Phi) is 24.2. The minimum Gasteiger partial charge on any atom is -0.497 e. The fraction of sp³-hybridized carbons (Fsp3) is 0.182. The molecule has 0 amide bonds. The number of halogens is 4. The Balaban J connectivity index is 0.000000188. The molecule has 121 heavy (non-hydrogen) atoms. The molecule has 0 spiro atoms. The van der Waals surface area contributed by atoms with Crippen molar-refractivity contribution in [2.45, 2.75) is 84.0 Å². The van der Waals surface area contributed by atoms with Crippen molar-refractivity contribution in [3.63, 3.8) is 0 Å². The van der Waals surface area contributed by atoms with E-state index in [-0.39, 0.29) is 17.9 Å². The normalized spacial score (nSPS) is 17.7. The number of carbonyl (C=O) groups excluding carboxylic acids is 1. The Morgan fingerprint density at radius 2 is 0.603 bits per heavy atom. The number of aliphatic hydroxyl groups is 1. The van der Waals surface area contributed by atoms with E-state index in [1.165, 1.54) is 38.6 Å². The summed E-state index contributed by atoms with van der Waals surface area (Å²) in [5, 5.41) is 18.1. The molecular formula is C99H86F4N6O12. The molecule has 18 nitrogen and oxygen atoms in total. The highest BCUT2D eigenvalue weighted by Gasteiger charge is 2.66. The molecule has 612 valence electrons. The van der Waals surface area contributed by atoms with Crippen molar-refractivity contribution in [2.24, 2.45) is 0 Å². The predicted molar refractivity (Wildman–Crippen MR) is 452 cm³/mol. The first kappa shape index (κ1) is 82.5. The van der Waals surface area contributed by atoms with Crippen LogP contribution in [0.2, 0.25) is 0 Å². The maximum atomic E-state index is 17.4. The van der Waals surface area contributed by atoms with E-state index in [9.17, 15) is 19.5 Å². The lowest BCUT2D eigenvalue weighted by atomic mass is 9.77. The van der Waals surface area contributed by atoms with Crippen molar-refractivity contribution < 1.29 is 65.4 Å². The molecule has 14 aromatic rings. The van der Waals surface area contributed by atoms with Gasteiger partial charge in [-0.05, 0) is 134 Å². The smallest absolute Gasteiger partial charge is 0.351 e. The van der Waals surface area contributed by atoms with Gasteiger partial charge in [-0.3, -0.25) is 9.13 Å². The Labute approximate surface area is 696 Å². The van der Waals surface area contributed by atoms with Crippen molar-refractivity contribution in [1.82, 2.24) is 19.1 Å². The summed E-state index contributed by atoms with van der Waals surface area (Å²) in [6, 6.07) is 106. The van der Waals surface area contributed by atoms with Gasteiger partial charge in [-0.2, -0.15) is 27.5 Å². The largest absolute Gasteiger partial charge is 0.497 e. The number of nitrogens with zero attached hydrogens (tertiary/aromatic N) is 4. The molecule has 2 saturated heterocycles. The number of ether oxygens (including phenoxy) is 8. The molecule has 2 fully saturated rings. The van der Waals surface area contributed by atoms with E-state index in [2.05, 4.69) is 20.6 Å². The fourth-order valence-corrected chi connectivity index (χ4v) is 16.3. The summed E-state index contributed by atoms with van der Waals surface area (Å²) < 4.78 is 118. The predicted octanol–water partition coefficient (Wildman–Crippen LogP) is 17.7. The number of carbonyl (C=O) groups is 1. The number of aldehydes is 1. The second kappa shape index (κ2) is 35.5. The molecule has 12 aromatic carbocycles. The van der Waals surface area contributed by atoms with Crippen LogP contribution >= 0.6 is 0 Å². The molecule has 7 atom stereocenters. The van der Waals surface area contributed by atoms with Gasteiger partial charge in [-0.1, -0.05) is 291 Å². The molecule has 0 saturated carbocycles. The third-order valence-electron chi connectivity index (χ3n) is 22.2. The van der Waals surface area contributed by atoms with Crippen molar-refractivity contribution in [3.05, 3.63) is 452 Å². The van der Waals surface area contributed by atoms with Gasteiger partial charge in [0.1, 0.15) is 69.1 Å². The maximum absolute atomic E-state index is 17.4. The monoisotopic (exact) mass is 1630 g/mol. The summed E-state index contributed by atoms with van der Waals surface area (Å²) in [5.74, 6) is -5.18. The molecule has 3 N–H and O–H groups in total. The number of methoxy groups -OCH3 is 4. The van der Waals surface area contributed by atoms with Gasteiger partial charge < -0.3 is 58.4 Å². The average Bonchev–Trinajstić information content (AvgIpc) is 1.65. The maximum Gasteiger partial charge on any atom is 0.351 e. The molecule has 16 rings (SSSR count). The van der Waals surface area contributed by atoms with E-state index in [4.69, 9.17) is 37.9 Å². The van der Waals surface area contributed by atoms with Crippen LogP contribution in [0.3, 0.4) is 0 Å². The van der Waals surface area contributed by atoms with Crippen LogP contribution in [0.4, 0.5) is 29.2 Å². The molecule has 2 aromatic heterocycles. The fourth-order valence-electron chi connectivity index (χ4n) is 16.3. The van der Waals surface area contributed by atoms with E-state index in [0.29, 0.717) is 60.9 Å². The first-order valence-corrected chi connectivity index (χ1v) is 39.2. The molecule has 0 radical (unpaired) electrons. The average molecular weight is 1630 g/mol. The Morgan fingerprint density at radius 1 is 0.364 bits per heavy atom. The highest BCUT2D eigenvalue weighted by atomic mass is 19.3. The molecule has 0 bridgehead atoms. The van der Waals surface area contributed by atoms with Gasteiger partial charge in [0.25, 0.3) is 0 Å². The van der Waals surface area contributed by atoms with Crippen LogP contribution in [-0.2, 0) is 46.0 Å². The summed E-state index contributed by atoms with van der Waals surface area (Å²) in [5.41, 5.74) is 0.566. The minimum absolute atomic E-state index is 0.104. The van der Waals surface area contributed by atoms with Crippen LogP contribution in [-0.4, -0.2) is 101 Å². The molecule has 22 heteroatoms. The van der Waals surface area contributed by atoms with Crippen molar-refractivity contribution in [1.29, 1.82) is 0 Å². The van der Waals surface area contributed by atoms with Crippen LogP contribution in [0.5, 0.6) is 23.0 Å². The summed E-state index contributed by atoms with van der Waals surface area (Å²) >= 11 is 0. The number of nitrogens with one attached hydrogen (secondary N) is 2. The van der Waals surface area contributed by atoms with E-state index in [1.54, 1.807) is 167 Å². The number of alkyl halides is 4. The number of aromatic nitrogens is 4. The van der Waals surface area contributed by atoms with Gasteiger partial charge in [0.2, 0.25) is 12.5 Å². The van der Waals surface area contributed by atoms with Gasteiger partial charge in [0.15, 0.2) is 18.5 Å². The second-order valence-corrected chi connectivity index (χ2v) is 29.2. The van der Waals surface area contributed by atoms with Gasteiger partial charge in [0.05, 0.1) is 34.5 Å². The van der Waals surface area contributed by atoms with Crippen molar-refractivity contribution in [2.75, 3.05) is 39.1 Å². The van der Waals surface area contributed by atoms with Gasteiger partial charge in [-0.15, -0.1) is 0 Å². The molecular weight excluding hydrogens is 1540 g/mol. The lowest BCUT2D eigenvalue weighted by Crippen LogP contribution is -2.50. The third-order valence-corrected chi connectivity index (χ3v) is 22.2. The van der Waals surface area contributed by atoms with E-state index >= 15 is 17.6 Å². The van der Waals surface area contributed by atoms with Gasteiger partial charge in [-0.25, -0.2) is 9.59 Å². The first-order valence-electron chi connectivity index (χ1n) is 39.2. The zero-order valence-electron chi connectivity index (χ0n) is 66.5. The summed E-state index contributed by atoms with van der Waals surface area (Å²) in [4.78, 5) is 49.6. The van der Waals surface area contributed by atoms with Crippen LogP contribution in [0, 0.1) is 0 Å². The Bertz CT molecular complexity index is 5730. The van der Waals surface area contributed by atoms with Crippen molar-refractivity contribution in [3.8, 4) is 23.0 Å². The zero-order chi connectivity index (χ0) is 84.4. The highest BCUT2D eigenvalue weighted by Crippen LogP contribution is 2.54. The summed E-state index contributed by atoms with van der Waals surface area (Å²) in [7, 11) is 6.25. The molecule has 3 unspecified atom stereocenters. The van der Waals surface area contributed by atoms with Crippen molar-refractivity contribution >= 4 is 17.9 Å². The lowest BCUT2D eigenvalue weighted by molar-refractivity contribution is -0.182. The molecule has 2 aliphatic heterocycles. The van der Waals surface area contributed by atoms with Crippen LogP contribution in [0.1, 0.15) is 86.1 Å². The van der Waals surface area contributed by atoms with Crippen LogP contribution in [0.25, 0.3) is 0 Å². The topological polar surface area (TPSA) is 205 Å². The first-order chi connectivity index (χ1) is 58.8. The van der Waals surface area contributed by atoms with Crippen LogP contribution < -0.4 is 41.0 Å². The summed E-state index contributed by atoms with van der Waals surface area (Å²) in [6.07, 6.45) is -10.8. The summed E-state index contributed by atoms with van der Waals surface area (Å²) in [6.45, 7) is 1.36. The highest BCUT2D eigenvalue weighted by molar-refractivity contribution is 5.62. The third kappa shape index (κ3) is 15.9. The number of rotatable bonds is 28. The number of hydrogen-bond donors (Lipinski definition) is 3. The zero-order valence-corrected chi connectivity index (χ0v) is 66.5. The molecule has 2 aliphatic rings. The van der Waals surface area contributed by atoms with Crippen LogP contribution in [0.15, 0.2) is 374 Å². The number of hydrogen-bond acceptors (Lipinski definition) is 16. The lowest BCUT2D eigenvalue weighted by Gasteiger charge is -2.40. The minimum atomic E-state index is -3.94. The van der Waals surface area contributed by atoms with E-state index < -0.39 is 88.5 Å². The van der Waals surface area contributed by atoms with Gasteiger partial charge >= 0.3 is 23.2 Å². The Morgan fingerprint density at radius 3 is 0.868 bits per heavy atom. The number of anilines is 2. The quantitative estimate of drug-likeness (QED) is 0.0237. The molecule has 0 aliphatic carbocycles. The Hall–Kier alpha value is -13.6.